The Morgan fingerprint density at radius 3 is 2.79 bits per heavy atom. The van der Waals surface area contributed by atoms with Crippen LogP contribution in [0.4, 0.5) is 5.82 Å². The SMILES string of the molecule is CC1CCN(c2cnc3c(-c4cccc(Cl)c4Cl)n[nH]c3n2)CC1. The van der Waals surface area contributed by atoms with Crippen LogP contribution in [0.2, 0.25) is 10.0 Å². The predicted molar refractivity (Wildman–Crippen MR) is 97.8 cm³/mol. The summed E-state index contributed by atoms with van der Waals surface area (Å²) in [6, 6.07) is 5.48. The molecule has 1 saturated heterocycles. The summed E-state index contributed by atoms with van der Waals surface area (Å²) >= 11 is 12.4. The summed E-state index contributed by atoms with van der Waals surface area (Å²) in [4.78, 5) is 11.6. The van der Waals surface area contributed by atoms with E-state index in [4.69, 9.17) is 28.2 Å². The van der Waals surface area contributed by atoms with Gasteiger partial charge in [-0.3, -0.25) is 5.10 Å². The first-order valence-corrected chi connectivity index (χ1v) is 8.79. The molecule has 24 heavy (non-hydrogen) atoms. The van der Waals surface area contributed by atoms with Gasteiger partial charge in [0, 0.05) is 18.7 Å². The van der Waals surface area contributed by atoms with Crippen molar-refractivity contribution in [1.82, 2.24) is 20.2 Å². The summed E-state index contributed by atoms with van der Waals surface area (Å²) in [6.07, 6.45) is 4.19. The van der Waals surface area contributed by atoms with Gasteiger partial charge in [0.1, 0.15) is 17.0 Å². The predicted octanol–water partition coefficient (Wildman–Crippen LogP) is 4.56. The Kier molecular flexibility index (Phi) is 4.06. The van der Waals surface area contributed by atoms with Crippen LogP contribution in [0.15, 0.2) is 24.4 Å². The lowest BCUT2D eigenvalue weighted by Crippen LogP contribution is -2.33. The molecule has 5 nitrogen and oxygen atoms in total. The lowest BCUT2D eigenvalue weighted by atomic mass is 9.99. The number of nitrogens with zero attached hydrogens (tertiary/aromatic N) is 4. The van der Waals surface area contributed by atoms with Crippen molar-refractivity contribution in [2.24, 2.45) is 5.92 Å². The lowest BCUT2D eigenvalue weighted by Gasteiger charge is -2.30. The van der Waals surface area contributed by atoms with E-state index < -0.39 is 0 Å². The molecule has 7 heteroatoms. The largest absolute Gasteiger partial charge is 0.355 e. The fraction of sp³-hybridized carbons (Fsp3) is 0.353. The Morgan fingerprint density at radius 2 is 2.00 bits per heavy atom. The van der Waals surface area contributed by atoms with Crippen LogP contribution in [0.1, 0.15) is 19.8 Å². The molecule has 0 saturated carbocycles. The maximum Gasteiger partial charge on any atom is 0.177 e. The Morgan fingerprint density at radius 1 is 1.21 bits per heavy atom. The number of H-pyrrole nitrogens is 1. The van der Waals surface area contributed by atoms with E-state index in [1.165, 1.54) is 12.8 Å². The van der Waals surface area contributed by atoms with Crippen LogP contribution in [0, 0.1) is 5.92 Å². The maximum absolute atomic E-state index is 6.31. The number of hydrogen-bond acceptors (Lipinski definition) is 4. The molecule has 124 valence electrons. The normalized spacial score (nSPS) is 16.0. The molecule has 1 aliphatic heterocycles. The molecular formula is C17H17Cl2N5. The van der Waals surface area contributed by atoms with Crippen molar-refractivity contribution in [2.75, 3.05) is 18.0 Å². The number of nitrogens with one attached hydrogen (secondary N) is 1. The van der Waals surface area contributed by atoms with E-state index in [-0.39, 0.29) is 0 Å². The molecule has 2 aromatic heterocycles. The van der Waals surface area contributed by atoms with Gasteiger partial charge in [0.2, 0.25) is 0 Å². The van der Waals surface area contributed by atoms with Gasteiger partial charge in [0.05, 0.1) is 16.2 Å². The van der Waals surface area contributed by atoms with E-state index in [2.05, 4.69) is 27.0 Å². The molecule has 1 fully saturated rings. The van der Waals surface area contributed by atoms with Crippen LogP contribution in [0.5, 0.6) is 0 Å². The quantitative estimate of drug-likeness (QED) is 0.726. The van der Waals surface area contributed by atoms with Crippen molar-refractivity contribution >= 4 is 40.2 Å². The Hall–Kier alpha value is -1.85. The van der Waals surface area contributed by atoms with Gasteiger partial charge < -0.3 is 4.90 Å². The third kappa shape index (κ3) is 2.72. The highest BCUT2D eigenvalue weighted by molar-refractivity contribution is 6.43. The summed E-state index contributed by atoms with van der Waals surface area (Å²) in [7, 11) is 0. The van der Waals surface area contributed by atoms with E-state index in [0.717, 1.165) is 30.4 Å². The lowest BCUT2D eigenvalue weighted by molar-refractivity contribution is 0.436. The van der Waals surface area contributed by atoms with Crippen LogP contribution in [-0.4, -0.2) is 33.3 Å². The highest BCUT2D eigenvalue weighted by Gasteiger charge is 2.20. The van der Waals surface area contributed by atoms with Crippen LogP contribution in [0.25, 0.3) is 22.4 Å². The van der Waals surface area contributed by atoms with Gasteiger partial charge in [-0.2, -0.15) is 5.10 Å². The average Bonchev–Trinajstić information content (AvgIpc) is 3.01. The minimum absolute atomic E-state index is 0.475. The van der Waals surface area contributed by atoms with Crippen molar-refractivity contribution in [1.29, 1.82) is 0 Å². The smallest absolute Gasteiger partial charge is 0.177 e. The molecular weight excluding hydrogens is 345 g/mol. The third-order valence-corrected chi connectivity index (χ3v) is 5.39. The topological polar surface area (TPSA) is 57.7 Å². The van der Waals surface area contributed by atoms with Gasteiger partial charge in [-0.1, -0.05) is 42.3 Å². The van der Waals surface area contributed by atoms with E-state index in [1.54, 1.807) is 6.07 Å². The Bertz CT molecular complexity index is 884. The molecule has 0 unspecified atom stereocenters. The summed E-state index contributed by atoms with van der Waals surface area (Å²) in [5, 5.41) is 8.30. The van der Waals surface area contributed by atoms with Gasteiger partial charge in [-0.05, 0) is 24.8 Å². The molecule has 0 spiro atoms. The number of aromatic amines is 1. The molecule has 0 radical (unpaired) electrons. The number of hydrogen-bond donors (Lipinski definition) is 1. The van der Waals surface area contributed by atoms with E-state index in [1.807, 2.05) is 18.3 Å². The zero-order valence-corrected chi connectivity index (χ0v) is 14.8. The second-order valence-electron chi connectivity index (χ2n) is 6.27. The first kappa shape index (κ1) is 15.7. The summed E-state index contributed by atoms with van der Waals surface area (Å²) in [5.41, 5.74) is 2.79. The Balaban J connectivity index is 1.72. The zero-order chi connectivity index (χ0) is 16.7. The summed E-state index contributed by atoms with van der Waals surface area (Å²) in [5.74, 6) is 1.67. The summed E-state index contributed by atoms with van der Waals surface area (Å²) < 4.78 is 0. The molecule has 3 aromatic rings. The fourth-order valence-electron chi connectivity index (χ4n) is 3.06. The minimum Gasteiger partial charge on any atom is -0.355 e. The molecule has 4 rings (SSSR count). The number of benzene rings is 1. The van der Waals surface area contributed by atoms with E-state index in [9.17, 15) is 0 Å². The number of halogens is 2. The molecule has 1 aliphatic rings. The molecule has 3 heterocycles. The van der Waals surface area contributed by atoms with Crippen LogP contribution < -0.4 is 4.90 Å². The number of piperidine rings is 1. The van der Waals surface area contributed by atoms with E-state index >= 15 is 0 Å². The second kappa shape index (κ2) is 6.22. The van der Waals surface area contributed by atoms with Crippen LogP contribution >= 0.6 is 23.2 Å². The van der Waals surface area contributed by atoms with Crippen molar-refractivity contribution in [3.63, 3.8) is 0 Å². The van der Waals surface area contributed by atoms with Crippen LogP contribution in [0.3, 0.4) is 0 Å². The molecule has 1 N–H and O–H groups in total. The first-order chi connectivity index (χ1) is 11.6. The van der Waals surface area contributed by atoms with Gasteiger partial charge in [-0.25, -0.2) is 9.97 Å². The van der Waals surface area contributed by atoms with E-state index in [0.29, 0.717) is 26.9 Å². The maximum atomic E-state index is 6.31. The first-order valence-electron chi connectivity index (χ1n) is 8.04. The number of aromatic nitrogens is 4. The molecule has 0 amide bonds. The highest BCUT2D eigenvalue weighted by Crippen LogP contribution is 2.35. The van der Waals surface area contributed by atoms with Crippen molar-refractivity contribution in [3.8, 4) is 11.3 Å². The van der Waals surface area contributed by atoms with Gasteiger partial charge in [0.25, 0.3) is 0 Å². The Labute approximate surface area is 150 Å². The number of rotatable bonds is 2. The number of fused-ring (bicyclic) bond motifs is 1. The standard InChI is InChI=1S/C17H17Cl2N5/c1-10-5-7-24(8-6-10)13-9-20-16-15(22-23-17(16)21-13)11-3-2-4-12(18)14(11)19/h2-4,9-10H,5-8H2,1H3,(H,21,22,23). The molecule has 0 aliphatic carbocycles. The molecule has 0 atom stereocenters. The fourth-order valence-corrected chi connectivity index (χ4v) is 3.45. The van der Waals surface area contributed by atoms with Gasteiger partial charge >= 0.3 is 0 Å². The van der Waals surface area contributed by atoms with Gasteiger partial charge in [0.15, 0.2) is 5.65 Å². The van der Waals surface area contributed by atoms with Crippen molar-refractivity contribution in [3.05, 3.63) is 34.4 Å². The average molecular weight is 362 g/mol. The minimum atomic E-state index is 0.475. The molecule has 1 aromatic carbocycles. The summed E-state index contributed by atoms with van der Waals surface area (Å²) in [6.45, 7) is 4.33. The number of anilines is 1. The van der Waals surface area contributed by atoms with Crippen molar-refractivity contribution < 1.29 is 0 Å². The zero-order valence-electron chi connectivity index (χ0n) is 13.3. The van der Waals surface area contributed by atoms with Crippen LogP contribution in [-0.2, 0) is 0 Å². The molecule has 0 bridgehead atoms. The second-order valence-corrected chi connectivity index (χ2v) is 7.05. The highest BCUT2D eigenvalue weighted by atomic mass is 35.5. The monoisotopic (exact) mass is 361 g/mol. The third-order valence-electron chi connectivity index (χ3n) is 4.57. The van der Waals surface area contributed by atoms with Gasteiger partial charge in [-0.15, -0.1) is 0 Å². The van der Waals surface area contributed by atoms with Crippen molar-refractivity contribution in [2.45, 2.75) is 19.8 Å².